The van der Waals surface area contributed by atoms with Gasteiger partial charge in [-0.25, -0.2) is 4.99 Å². The number of hydrogen-bond donors (Lipinski definition) is 1. The van der Waals surface area contributed by atoms with Crippen LogP contribution in [0.4, 0.5) is 0 Å². The lowest BCUT2D eigenvalue weighted by Gasteiger charge is -2.44. The van der Waals surface area contributed by atoms with Gasteiger partial charge >= 0.3 is 0 Å². The Morgan fingerprint density at radius 2 is 1.88 bits per heavy atom. The summed E-state index contributed by atoms with van der Waals surface area (Å²) in [6, 6.07) is 14.8. The number of nitrogens with two attached hydrogens (primary N) is 1. The molecular weight excluding hydrogens is 412 g/mol. The SMILES string of the molecule is COCc1cc(C#N)cc(-c2ccc3c(c2)[C@]2(N=C(C)C(N)=N2)C2(CCC(OC)CC2)C3)c1. The molecule has 2 aromatic rings. The first-order chi connectivity index (χ1) is 15.9. The molecule has 3 aliphatic rings. The quantitative estimate of drug-likeness (QED) is 0.755. The summed E-state index contributed by atoms with van der Waals surface area (Å²) in [5.74, 6) is 0.537. The summed E-state index contributed by atoms with van der Waals surface area (Å²) in [4.78, 5) is 10.2. The minimum Gasteiger partial charge on any atom is -0.382 e. The fourth-order valence-corrected chi connectivity index (χ4v) is 6.02. The van der Waals surface area contributed by atoms with Crippen LogP contribution in [0.15, 0.2) is 46.4 Å². The first-order valence-corrected chi connectivity index (χ1v) is 11.6. The topological polar surface area (TPSA) is 93.0 Å². The van der Waals surface area contributed by atoms with Crippen LogP contribution in [0.2, 0.25) is 0 Å². The Morgan fingerprint density at radius 3 is 2.52 bits per heavy atom. The molecule has 2 N–H and O–H groups in total. The van der Waals surface area contributed by atoms with Crippen LogP contribution in [0.5, 0.6) is 0 Å². The van der Waals surface area contributed by atoms with Gasteiger partial charge in [0, 0.05) is 25.2 Å². The number of ether oxygens (including phenoxy) is 2. The number of methoxy groups -OCH3 is 2. The van der Waals surface area contributed by atoms with E-state index in [1.807, 2.05) is 19.1 Å². The van der Waals surface area contributed by atoms with Crippen molar-refractivity contribution in [3.8, 4) is 17.2 Å². The Hall–Kier alpha value is -3.01. The molecule has 6 nitrogen and oxygen atoms in total. The molecular formula is C27H30N4O2. The second-order valence-corrected chi connectivity index (χ2v) is 9.59. The molecule has 1 aliphatic heterocycles. The zero-order valence-electron chi connectivity index (χ0n) is 19.5. The number of fused-ring (bicyclic) bond motifs is 3. The van der Waals surface area contributed by atoms with E-state index in [0.29, 0.717) is 24.1 Å². The highest BCUT2D eigenvalue weighted by molar-refractivity contribution is 6.41. The average molecular weight is 443 g/mol. The first-order valence-electron chi connectivity index (χ1n) is 11.6. The number of hydrogen-bond acceptors (Lipinski definition) is 6. The number of benzene rings is 2. The van der Waals surface area contributed by atoms with Gasteiger partial charge < -0.3 is 15.2 Å². The zero-order valence-corrected chi connectivity index (χ0v) is 19.5. The van der Waals surface area contributed by atoms with Crippen molar-refractivity contribution in [1.82, 2.24) is 0 Å². The molecule has 2 spiro atoms. The van der Waals surface area contributed by atoms with E-state index in [4.69, 9.17) is 25.2 Å². The van der Waals surface area contributed by atoms with E-state index >= 15 is 0 Å². The molecule has 0 unspecified atom stereocenters. The summed E-state index contributed by atoms with van der Waals surface area (Å²) in [7, 11) is 3.47. The molecule has 0 bridgehead atoms. The van der Waals surface area contributed by atoms with E-state index in [2.05, 4.69) is 30.3 Å². The molecule has 1 atom stereocenters. The average Bonchev–Trinajstić information content (AvgIpc) is 3.27. The number of amidine groups is 1. The van der Waals surface area contributed by atoms with Crippen LogP contribution in [-0.2, 0) is 28.2 Å². The number of nitriles is 1. The molecule has 0 aromatic heterocycles. The molecule has 1 saturated carbocycles. The van der Waals surface area contributed by atoms with E-state index in [1.54, 1.807) is 14.2 Å². The van der Waals surface area contributed by atoms with Crippen molar-refractivity contribution >= 4 is 11.5 Å². The standard InChI is InChI=1S/C27H30N4O2/c1-17-25(29)31-27(30-17)24-13-20(22-11-18(15-28)10-19(12-22)16-32-2)4-5-21(24)14-26(27)8-6-23(33-3)7-9-26/h4-5,10-13,23H,6-9,14,16H2,1-3H3,(H2,29,31)/t23?,26?,27-/m1/s1. The maximum atomic E-state index is 9.54. The Bertz CT molecular complexity index is 1180. The van der Waals surface area contributed by atoms with Crippen molar-refractivity contribution in [3.63, 3.8) is 0 Å². The predicted molar refractivity (Wildman–Crippen MR) is 129 cm³/mol. The van der Waals surface area contributed by atoms with Gasteiger partial charge in [0.2, 0.25) is 0 Å². The van der Waals surface area contributed by atoms with Crippen LogP contribution in [0.1, 0.15) is 54.9 Å². The van der Waals surface area contributed by atoms with Gasteiger partial charge in [-0.3, -0.25) is 4.99 Å². The smallest absolute Gasteiger partial charge is 0.184 e. The van der Waals surface area contributed by atoms with Gasteiger partial charge in [-0.15, -0.1) is 0 Å². The van der Waals surface area contributed by atoms with Gasteiger partial charge in [0.15, 0.2) is 5.66 Å². The van der Waals surface area contributed by atoms with Crippen LogP contribution >= 0.6 is 0 Å². The van der Waals surface area contributed by atoms with E-state index in [0.717, 1.165) is 60.1 Å². The molecule has 2 aromatic carbocycles. The third kappa shape index (κ3) is 3.38. The lowest BCUT2D eigenvalue weighted by Crippen LogP contribution is -2.43. The van der Waals surface area contributed by atoms with Crippen LogP contribution < -0.4 is 5.73 Å². The summed E-state index contributed by atoms with van der Waals surface area (Å²) in [6.45, 7) is 2.42. The Morgan fingerprint density at radius 1 is 1.09 bits per heavy atom. The molecule has 0 radical (unpaired) electrons. The molecule has 0 saturated heterocycles. The molecule has 170 valence electrons. The highest BCUT2D eigenvalue weighted by Gasteiger charge is 2.60. The second-order valence-electron chi connectivity index (χ2n) is 9.59. The lowest BCUT2D eigenvalue weighted by atomic mass is 9.65. The highest BCUT2D eigenvalue weighted by Crippen LogP contribution is 2.62. The maximum Gasteiger partial charge on any atom is 0.184 e. The van der Waals surface area contributed by atoms with Gasteiger partial charge in [0.1, 0.15) is 5.84 Å². The van der Waals surface area contributed by atoms with Crippen LogP contribution in [0, 0.1) is 16.7 Å². The lowest BCUT2D eigenvalue weighted by molar-refractivity contribution is -0.000372. The van der Waals surface area contributed by atoms with E-state index in [9.17, 15) is 5.26 Å². The van der Waals surface area contributed by atoms with Crippen LogP contribution in [-0.4, -0.2) is 31.9 Å². The Balaban J connectivity index is 1.63. The van der Waals surface area contributed by atoms with Crippen molar-refractivity contribution in [3.05, 3.63) is 58.7 Å². The molecule has 6 heteroatoms. The Kier molecular flexibility index (Phi) is 5.35. The van der Waals surface area contributed by atoms with Crippen molar-refractivity contribution in [2.24, 2.45) is 21.1 Å². The van der Waals surface area contributed by atoms with Crippen molar-refractivity contribution < 1.29 is 9.47 Å². The van der Waals surface area contributed by atoms with Gasteiger partial charge in [0.05, 0.1) is 30.1 Å². The Labute approximate surface area is 195 Å². The third-order valence-electron chi connectivity index (χ3n) is 7.73. The van der Waals surface area contributed by atoms with Crippen LogP contribution in [0.3, 0.4) is 0 Å². The van der Waals surface area contributed by atoms with E-state index < -0.39 is 5.66 Å². The summed E-state index contributed by atoms with van der Waals surface area (Å²) in [5, 5.41) is 9.54. The van der Waals surface area contributed by atoms with E-state index in [-0.39, 0.29) is 5.41 Å². The molecule has 33 heavy (non-hydrogen) atoms. The van der Waals surface area contributed by atoms with E-state index in [1.165, 1.54) is 5.56 Å². The van der Waals surface area contributed by atoms with Crippen molar-refractivity contribution in [2.45, 2.75) is 57.4 Å². The van der Waals surface area contributed by atoms with Gasteiger partial charge in [-0.2, -0.15) is 5.26 Å². The summed E-state index contributed by atoms with van der Waals surface area (Å²) in [5.41, 5.74) is 12.5. The van der Waals surface area contributed by atoms with Crippen molar-refractivity contribution in [1.29, 1.82) is 5.26 Å². The van der Waals surface area contributed by atoms with Gasteiger partial charge in [-0.05, 0) is 85.5 Å². The fourth-order valence-electron chi connectivity index (χ4n) is 6.02. The van der Waals surface area contributed by atoms with Crippen LogP contribution in [0.25, 0.3) is 11.1 Å². The zero-order chi connectivity index (χ0) is 23.2. The molecule has 1 fully saturated rings. The third-order valence-corrected chi connectivity index (χ3v) is 7.73. The molecule has 1 heterocycles. The minimum atomic E-state index is -0.673. The summed E-state index contributed by atoms with van der Waals surface area (Å²) < 4.78 is 11.0. The number of nitrogens with zero attached hydrogens (tertiary/aromatic N) is 3. The molecule has 5 rings (SSSR count). The normalized spacial score (nSPS) is 28.0. The molecule has 2 aliphatic carbocycles. The predicted octanol–water partition coefficient (Wildman–Crippen LogP) is 4.49. The first kappa shape index (κ1) is 21.8. The summed E-state index contributed by atoms with van der Waals surface area (Å²) >= 11 is 0. The maximum absolute atomic E-state index is 9.54. The number of aliphatic imine (C=N–C) groups is 2. The summed E-state index contributed by atoms with van der Waals surface area (Å²) in [6.07, 6.45) is 5.27. The minimum absolute atomic E-state index is 0.0823. The number of rotatable bonds is 4. The second kappa shape index (κ2) is 8.09. The highest BCUT2D eigenvalue weighted by atomic mass is 16.5. The monoisotopic (exact) mass is 442 g/mol. The van der Waals surface area contributed by atoms with Crippen molar-refractivity contribution in [2.75, 3.05) is 14.2 Å². The largest absolute Gasteiger partial charge is 0.382 e. The fraction of sp³-hybridized carbons (Fsp3) is 0.444. The van der Waals surface area contributed by atoms with Gasteiger partial charge in [0.25, 0.3) is 0 Å². The van der Waals surface area contributed by atoms with Gasteiger partial charge in [-0.1, -0.05) is 12.1 Å². The molecule has 0 amide bonds.